The second-order valence-corrected chi connectivity index (χ2v) is 6.85. The molecule has 2 aliphatic rings. The summed E-state index contributed by atoms with van der Waals surface area (Å²) in [6.45, 7) is 0. The van der Waals surface area contributed by atoms with Gasteiger partial charge < -0.3 is 10.5 Å². The quantitative estimate of drug-likeness (QED) is 0.774. The maximum atomic E-state index is 14.6. The fourth-order valence-electron chi connectivity index (χ4n) is 3.88. The Labute approximate surface area is 162 Å². The molecule has 0 spiro atoms. The number of halogens is 2. The molecule has 1 aliphatic heterocycles. The van der Waals surface area contributed by atoms with Crippen LogP contribution >= 0.6 is 0 Å². The predicted octanol–water partition coefficient (Wildman–Crippen LogP) is 5.29. The summed E-state index contributed by atoms with van der Waals surface area (Å²) in [5.74, 6) is -0.827. The summed E-state index contributed by atoms with van der Waals surface area (Å²) in [4.78, 5) is 0. The van der Waals surface area contributed by atoms with E-state index < -0.39 is 11.7 Å². The minimum absolute atomic E-state index is 0.0316. The first kappa shape index (κ1) is 18.0. The van der Waals surface area contributed by atoms with Crippen LogP contribution in [0, 0.1) is 23.0 Å². The summed E-state index contributed by atoms with van der Waals surface area (Å²) in [5.41, 5.74) is 8.69. The van der Waals surface area contributed by atoms with Gasteiger partial charge in [0.2, 0.25) is 5.88 Å². The van der Waals surface area contributed by atoms with Gasteiger partial charge in [-0.15, -0.1) is 0 Å². The van der Waals surface area contributed by atoms with Crippen molar-refractivity contribution in [1.29, 1.82) is 5.26 Å². The molecule has 2 aromatic rings. The zero-order valence-corrected chi connectivity index (χ0v) is 15.1. The Morgan fingerprint density at radius 1 is 1.04 bits per heavy atom. The van der Waals surface area contributed by atoms with Gasteiger partial charge in [-0.25, -0.2) is 8.78 Å². The summed E-state index contributed by atoms with van der Waals surface area (Å²) in [6, 6.07) is 14.9. The van der Waals surface area contributed by atoms with Crippen molar-refractivity contribution in [2.24, 2.45) is 5.73 Å². The molecule has 0 fully saturated rings. The molecule has 0 amide bonds. The van der Waals surface area contributed by atoms with E-state index in [1.54, 1.807) is 42.5 Å². The molecule has 0 aromatic heterocycles. The lowest BCUT2D eigenvalue weighted by atomic mass is 9.76. The summed E-state index contributed by atoms with van der Waals surface area (Å²) in [7, 11) is 0. The summed E-state index contributed by atoms with van der Waals surface area (Å²) >= 11 is 0. The SMILES string of the molecule is N#CC1=C(N)OC2=C(CCC/C2=C\c2ccccc2F)[C@@H]1c1ccccc1F. The molecule has 0 bridgehead atoms. The van der Waals surface area contributed by atoms with Gasteiger partial charge in [-0.05, 0) is 48.6 Å². The molecule has 0 saturated carbocycles. The maximum Gasteiger partial charge on any atom is 0.205 e. The fraction of sp³-hybridized carbons (Fsp3) is 0.174. The first-order chi connectivity index (χ1) is 13.6. The molecule has 3 nitrogen and oxygen atoms in total. The normalized spacial score (nSPS) is 20.6. The van der Waals surface area contributed by atoms with E-state index in [2.05, 4.69) is 6.07 Å². The topological polar surface area (TPSA) is 59.0 Å². The first-order valence-corrected chi connectivity index (χ1v) is 9.10. The lowest BCUT2D eigenvalue weighted by Gasteiger charge is -2.33. The number of nitrogens with zero attached hydrogens (tertiary/aromatic N) is 1. The molecule has 0 saturated heterocycles. The third kappa shape index (κ3) is 3.07. The van der Waals surface area contributed by atoms with E-state index in [-0.39, 0.29) is 17.3 Å². The molecular formula is C23H18F2N2O. The van der Waals surface area contributed by atoms with Gasteiger partial charge in [-0.2, -0.15) is 5.26 Å². The number of benzene rings is 2. The van der Waals surface area contributed by atoms with Crippen molar-refractivity contribution in [3.05, 3.63) is 99.7 Å². The summed E-state index contributed by atoms with van der Waals surface area (Å²) < 4.78 is 34.5. The van der Waals surface area contributed by atoms with E-state index in [4.69, 9.17) is 10.5 Å². The van der Waals surface area contributed by atoms with Gasteiger partial charge in [0, 0.05) is 11.1 Å². The molecule has 5 heteroatoms. The predicted molar refractivity (Wildman–Crippen MR) is 102 cm³/mol. The molecule has 1 aliphatic carbocycles. The van der Waals surface area contributed by atoms with Crippen LogP contribution in [0.15, 0.2) is 76.9 Å². The molecular weight excluding hydrogens is 358 g/mol. The van der Waals surface area contributed by atoms with E-state index in [0.29, 0.717) is 29.7 Å². The van der Waals surface area contributed by atoms with Crippen LogP contribution in [-0.4, -0.2) is 0 Å². The van der Waals surface area contributed by atoms with Crippen molar-refractivity contribution in [2.45, 2.75) is 25.2 Å². The van der Waals surface area contributed by atoms with Crippen molar-refractivity contribution in [3.8, 4) is 6.07 Å². The molecule has 2 aromatic carbocycles. The van der Waals surface area contributed by atoms with Crippen molar-refractivity contribution < 1.29 is 13.5 Å². The second kappa shape index (κ2) is 7.32. The molecule has 4 rings (SSSR count). The van der Waals surface area contributed by atoms with Crippen molar-refractivity contribution in [1.82, 2.24) is 0 Å². The van der Waals surface area contributed by atoms with E-state index in [0.717, 1.165) is 17.6 Å². The Balaban J connectivity index is 1.88. The Morgan fingerprint density at radius 3 is 2.46 bits per heavy atom. The Morgan fingerprint density at radius 2 is 1.75 bits per heavy atom. The highest BCUT2D eigenvalue weighted by Gasteiger charge is 2.36. The van der Waals surface area contributed by atoms with Crippen LogP contribution in [-0.2, 0) is 4.74 Å². The Bertz CT molecular complexity index is 1080. The van der Waals surface area contributed by atoms with Gasteiger partial charge in [-0.3, -0.25) is 0 Å². The van der Waals surface area contributed by atoms with Gasteiger partial charge >= 0.3 is 0 Å². The molecule has 1 atom stereocenters. The molecule has 0 unspecified atom stereocenters. The lowest BCUT2D eigenvalue weighted by Crippen LogP contribution is -2.24. The summed E-state index contributed by atoms with van der Waals surface area (Å²) in [6.07, 6.45) is 3.88. The second-order valence-electron chi connectivity index (χ2n) is 6.85. The maximum absolute atomic E-state index is 14.6. The van der Waals surface area contributed by atoms with Gasteiger partial charge in [-0.1, -0.05) is 36.4 Å². The fourth-order valence-corrected chi connectivity index (χ4v) is 3.88. The van der Waals surface area contributed by atoms with Crippen LogP contribution in [0.5, 0.6) is 0 Å². The third-order valence-corrected chi connectivity index (χ3v) is 5.16. The molecule has 1 heterocycles. The number of ether oxygens (including phenoxy) is 1. The van der Waals surface area contributed by atoms with Gasteiger partial charge in [0.25, 0.3) is 0 Å². The van der Waals surface area contributed by atoms with Crippen LogP contribution in [0.2, 0.25) is 0 Å². The highest BCUT2D eigenvalue weighted by molar-refractivity contribution is 5.62. The highest BCUT2D eigenvalue weighted by Crippen LogP contribution is 2.47. The Kier molecular flexibility index (Phi) is 4.70. The zero-order valence-electron chi connectivity index (χ0n) is 15.1. The van der Waals surface area contributed by atoms with Gasteiger partial charge in [0.15, 0.2) is 0 Å². The average Bonchev–Trinajstić information content (AvgIpc) is 2.70. The average molecular weight is 376 g/mol. The Hall–Kier alpha value is -3.39. The van der Waals surface area contributed by atoms with E-state index in [9.17, 15) is 14.0 Å². The van der Waals surface area contributed by atoms with Crippen LogP contribution < -0.4 is 5.73 Å². The minimum atomic E-state index is -0.598. The first-order valence-electron chi connectivity index (χ1n) is 9.10. The van der Waals surface area contributed by atoms with Crippen molar-refractivity contribution in [2.75, 3.05) is 0 Å². The number of rotatable bonds is 2. The third-order valence-electron chi connectivity index (χ3n) is 5.16. The van der Waals surface area contributed by atoms with Crippen LogP contribution in [0.25, 0.3) is 6.08 Å². The van der Waals surface area contributed by atoms with E-state index in [1.807, 2.05) is 0 Å². The van der Waals surface area contributed by atoms with Crippen molar-refractivity contribution in [3.63, 3.8) is 0 Å². The molecule has 0 radical (unpaired) electrons. The van der Waals surface area contributed by atoms with E-state index >= 15 is 0 Å². The zero-order chi connectivity index (χ0) is 19.7. The van der Waals surface area contributed by atoms with Crippen LogP contribution in [0.4, 0.5) is 8.78 Å². The van der Waals surface area contributed by atoms with Crippen LogP contribution in [0.3, 0.4) is 0 Å². The van der Waals surface area contributed by atoms with Gasteiger partial charge in [0.1, 0.15) is 29.0 Å². The number of hydrogen-bond acceptors (Lipinski definition) is 3. The minimum Gasteiger partial charge on any atom is -0.440 e. The summed E-state index contributed by atoms with van der Waals surface area (Å²) in [5, 5.41) is 9.63. The molecule has 2 N–H and O–H groups in total. The number of allylic oxidation sites excluding steroid dienone is 3. The van der Waals surface area contributed by atoms with Gasteiger partial charge in [0.05, 0.1) is 5.92 Å². The van der Waals surface area contributed by atoms with E-state index in [1.165, 1.54) is 12.1 Å². The largest absolute Gasteiger partial charge is 0.440 e. The number of nitriles is 1. The number of nitrogens with two attached hydrogens (primary N) is 1. The lowest BCUT2D eigenvalue weighted by molar-refractivity contribution is 0.276. The smallest absolute Gasteiger partial charge is 0.205 e. The molecule has 140 valence electrons. The number of hydrogen-bond donors (Lipinski definition) is 1. The monoisotopic (exact) mass is 376 g/mol. The molecule has 28 heavy (non-hydrogen) atoms. The van der Waals surface area contributed by atoms with Crippen LogP contribution in [0.1, 0.15) is 36.3 Å². The standard InChI is InChI=1S/C23H18F2N2O/c24-19-10-3-1-6-14(19)12-15-7-5-9-17-21(16-8-2-4-11-20(16)25)18(13-26)23(27)28-22(15)17/h1-4,6,8,10-12,21H,5,7,9,27H2/b15-12+/t21-/m0/s1. The highest BCUT2D eigenvalue weighted by atomic mass is 19.1. The van der Waals surface area contributed by atoms with Crippen molar-refractivity contribution >= 4 is 6.08 Å².